The van der Waals surface area contributed by atoms with Crippen molar-refractivity contribution < 1.29 is 9.21 Å². The Morgan fingerprint density at radius 2 is 2.50 bits per heavy atom. The molecule has 1 N–H and O–H groups in total. The summed E-state index contributed by atoms with van der Waals surface area (Å²) in [5.74, 6) is -0.173. The molecular formula is C10H9BrN2O2S. The van der Waals surface area contributed by atoms with Gasteiger partial charge >= 0.3 is 0 Å². The van der Waals surface area contributed by atoms with Crippen molar-refractivity contribution in [2.45, 2.75) is 13.5 Å². The molecule has 0 aliphatic heterocycles. The number of hydrogen-bond donors (Lipinski definition) is 1. The first kappa shape index (κ1) is 11.3. The molecule has 1 amide bonds. The number of rotatable bonds is 3. The van der Waals surface area contributed by atoms with Crippen LogP contribution in [0.4, 0.5) is 0 Å². The second-order valence-corrected chi connectivity index (χ2v) is 4.84. The van der Waals surface area contributed by atoms with Crippen LogP contribution in [0.1, 0.15) is 21.1 Å². The molecule has 0 unspecified atom stereocenters. The van der Waals surface area contributed by atoms with Crippen LogP contribution in [0.15, 0.2) is 26.8 Å². The van der Waals surface area contributed by atoms with Gasteiger partial charge in [0.25, 0.3) is 5.91 Å². The van der Waals surface area contributed by atoms with Crippen LogP contribution in [0, 0.1) is 6.92 Å². The van der Waals surface area contributed by atoms with Crippen molar-refractivity contribution in [2.24, 2.45) is 0 Å². The van der Waals surface area contributed by atoms with Gasteiger partial charge in [0.15, 0.2) is 4.67 Å². The Bertz CT molecular complexity index is 506. The van der Waals surface area contributed by atoms with E-state index in [1.54, 1.807) is 6.07 Å². The van der Waals surface area contributed by atoms with E-state index in [1.165, 1.54) is 17.6 Å². The first-order valence-corrected chi connectivity index (χ1v) is 6.26. The van der Waals surface area contributed by atoms with Gasteiger partial charge in [0.05, 0.1) is 18.4 Å². The SMILES string of the molecule is Cc1csc(CNC(=O)c2ccoc2Br)n1. The van der Waals surface area contributed by atoms with E-state index < -0.39 is 0 Å². The van der Waals surface area contributed by atoms with Crippen LogP contribution in [-0.2, 0) is 6.54 Å². The van der Waals surface area contributed by atoms with Crippen molar-refractivity contribution >= 4 is 33.2 Å². The van der Waals surface area contributed by atoms with Crippen LogP contribution in [-0.4, -0.2) is 10.9 Å². The predicted octanol–water partition coefficient (Wildman–Crippen LogP) is 2.74. The van der Waals surface area contributed by atoms with Crippen LogP contribution in [0.3, 0.4) is 0 Å². The Balaban J connectivity index is 1.96. The van der Waals surface area contributed by atoms with Gasteiger partial charge < -0.3 is 9.73 Å². The van der Waals surface area contributed by atoms with Crippen molar-refractivity contribution in [1.29, 1.82) is 0 Å². The van der Waals surface area contributed by atoms with Crippen LogP contribution in [0.25, 0.3) is 0 Å². The molecule has 16 heavy (non-hydrogen) atoms. The van der Waals surface area contributed by atoms with E-state index in [4.69, 9.17) is 4.42 Å². The number of furan rings is 1. The molecule has 0 saturated carbocycles. The Morgan fingerprint density at radius 1 is 1.69 bits per heavy atom. The second kappa shape index (κ2) is 4.80. The first-order chi connectivity index (χ1) is 7.66. The Hall–Kier alpha value is -1.14. The number of nitrogens with zero attached hydrogens (tertiary/aromatic N) is 1. The molecule has 6 heteroatoms. The molecular weight excluding hydrogens is 292 g/mol. The molecule has 0 atom stereocenters. The number of carbonyl (C=O) groups excluding carboxylic acids is 1. The Morgan fingerprint density at radius 3 is 3.06 bits per heavy atom. The third-order valence-corrected chi connectivity index (χ3v) is 3.51. The fourth-order valence-corrected chi connectivity index (χ4v) is 2.32. The van der Waals surface area contributed by atoms with Crippen molar-refractivity contribution in [3.63, 3.8) is 0 Å². The summed E-state index contributed by atoms with van der Waals surface area (Å²) in [6.45, 7) is 2.36. The average Bonchev–Trinajstić information content (AvgIpc) is 2.84. The minimum absolute atomic E-state index is 0.173. The topological polar surface area (TPSA) is 55.1 Å². The van der Waals surface area contributed by atoms with Gasteiger partial charge in [0.2, 0.25) is 0 Å². The Kier molecular flexibility index (Phi) is 3.40. The lowest BCUT2D eigenvalue weighted by atomic mass is 10.3. The standard InChI is InChI=1S/C10H9BrN2O2S/c1-6-5-16-8(13-6)4-12-10(14)7-2-3-15-9(7)11/h2-3,5H,4H2,1H3,(H,12,14). The summed E-state index contributed by atoms with van der Waals surface area (Å²) in [7, 11) is 0. The molecule has 84 valence electrons. The highest BCUT2D eigenvalue weighted by atomic mass is 79.9. The Labute approximate surface area is 105 Å². The van der Waals surface area contributed by atoms with Crippen molar-refractivity contribution in [3.8, 4) is 0 Å². The molecule has 0 spiro atoms. The van der Waals surface area contributed by atoms with Crippen LogP contribution >= 0.6 is 27.3 Å². The van der Waals surface area contributed by atoms with E-state index >= 15 is 0 Å². The zero-order valence-electron chi connectivity index (χ0n) is 8.49. The molecule has 2 heterocycles. The highest BCUT2D eigenvalue weighted by Crippen LogP contribution is 2.17. The van der Waals surface area contributed by atoms with Gasteiger partial charge in [0, 0.05) is 11.1 Å². The normalized spacial score (nSPS) is 10.4. The largest absolute Gasteiger partial charge is 0.457 e. The highest BCUT2D eigenvalue weighted by Gasteiger charge is 2.12. The molecule has 0 aromatic carbocycles. The smallest absolute Gasteiger partial charge is 0.256 e. The number of thiazole rings is 1. The summed E-state index contributed by atoms with van der Waals surface area (Å²) in [6.07, 6.45) is 1.46. The first-order valence-electron chi connectivity index (χ1n) is 4.59. The molecule has 4 nitrogen and oxygen atoms in total. The maximum atomic E-state index is 11.7. The minimum atomic E-state index is -0.173. The average molecular weight is 301 g/mol. The number of hydrogen-bond acceptors (Lipinski definition) is 4. The third-order valence-electron chi connectivity index (χ3n) is 1.93. The summed E-state index contributed by atoms with van der Waals surface area (Å²) in [6, 6.07) is 1.62. The van der Waals surface area contributed by atoms with Crippen molar-refractivity contribution in [1.82, 2.24) is 10.3 Å². The molecule has 2 rings (SSSR count). The number of halogens is 1. The van der Waals surface area contributed by atoms with E-state index in [0.717, 1.165) is 10.7 Å². The number of nitrogens with one attached hydrogen (secondary N) is 1. The third kappa shape index (κ3) is 2.51. The number of carbonyl (C=O) groups is 1. The van der Waals surface area contributed by atoms with Gasteiger partial charge in [-0.05, 0) is 28.9 Å². The van der Waals surface area contributed by atoms with Gasteiger partial charge in [-0.25, -0.2) is 4.98 Å². The molecule has 0 saturated heterocycles. The zero-order chi connectivity index (χ0) is 11.5. The van der Waals surface area contributed by atoms with Crippen molar-refractivity contribution in [2.75, 3.05) is 0 Å². The summed E-state index contributed by atoms with van der Waals surface area (Å²) in [5.41, 5.74) is 1.46. The fraction of sp³-hybridized carbons (Fsp3) is 0.200. The van der Waals surface area contributed by atoms with E-state index in [-0.39, 0.29) is 5.91 Å². The molecule has 0 fully saturated rings. The minimum Gasteiger partial charge on any atom is -0.457 e. The zero-order valence-corrected chi connectivity index (χ0v) is 10.9. The molecule has 2 aromatic heterocycles. The molecule has 0 aliphatic rings. The summed E-state index contributed by atoms with van der Waals surface area (Å²) in [4.78, 5) is 15.9. The number of aryl methyl sites for hydroxylation is 1. The molecule has 0 aliphatic carbocycles. The van der Waals surface area contributed by atoms with Crippen molar-refractivity contribution in [3.05, 3.63) is 38.6 Å². The van der Waals surface area contributed by atoms with Gasteiger partial charge in [-0.15, -0.1) is 11.3 Å². The lowest BCUT2D eigenvalue weighted by Gasteiger charge is -2.00. The predicted molar refractivity (Wildman–Crippen MR) is 64.4 cm³/mol. The number of aromatic nitrogens is 1. The molecule has 0 bridgehead atoms. The van der Waals surface area contributed by atoms with Crippen LogP contribution in [0.2, 0.25) is 0 Å². The van der Waals surface area contributed by atoms with E-state index in [2.05, 4.69) is 26.2 Å². The van der Waals surface area contributed by atoms with Gasteiger partial charge in [-0.3, -0.25) is 4.79 Å². The van der Waals surface area contributed by atoms with E-state index in [9.17, 15) is 4.79 Å². The van der Waals surface area contributed by atoms with Gasteiger partial charge in [0.1, 0.15) is 5.01 Å². The fourth-order valence-electron chi connectivity index (χ4n) is 1.19. The van der Waals surface area contributed by atoms with Crippen LogP contribution < -0.4 is 5.32 Å². The summed E-state index contributed by atoms with van der Waals surface area (Å²) >= 11 is 4.69. The second-order valence-electron chi connectivity index (χ2n) is 3.17. The van der Waals surface area contributed by atoms with Gasteiger partial charge in [-0.1, -0.05) is 0 Å². The lowest BCUT2D eigenvalue weighted by Crippen LogP contribution is -2.22. The lowest BCUT2D eigenvalue weighted by molar-refractivity contribution is 0.0949. The van der Waals surface area contributed by atoms with E-state index in [1.807, 2.05) is 12.3 Å². The van der Waals surface area contributed by atoms with Gasteiger partial charge in [-0.2, -0.15) is 0 Å². The number of amides is 1. The summed E-state index contributed by atoms with van der Waals surface area (Å²) in [5, 5.41) is 5.62. The molecule has 2 aromatic rings. The monoisotopic (exact) mass is 300 g/mol. The van der Waals surface area contributed by atoms with Crippen LogP contribution in [0.5, 0.6) is 0 Å². The summed E-state index contributed by atoms with van der Waals surface area (Å²) < 4.78 is 5.43. The maximum absolute atomic E-state index is 11.7. The maximum Gasteiger partial charge on any atom is 0.256 e. The van der Waals surface area contributed by atoms with E-state index in [0.29, 0.717) is 16.8 Å². The highest BCUT2D eigenvalue weighted by molar-refractivity contribution is 9.10. The molecule has 0 radical (unpaired) electrons. The quantitative estimate of drug-likeness (QED) is 0.948.